The number of hydrogen-bond donors (Lipinski definition) is 0. The molecule has 3 rings (SSSR count). The van der Waals surface area contributed by atoms with Crippen LogP contribution in [0.3, 0.4) is 0 Å². The Hall–Kier alpha value is -0.220. The lowest BCUT2D eigenvalue weighted by molar-refractivity contribution is 0.0330. The van der Waals surface area contributed by atoms with Crippen molar-refractivity contribution >= 4 is 0 Å². The van der Waals surface area contributed by atoms with Crippen molar-refractivity contribution in [1.82, 2.24) is 9.80 Å². The van der Waals surface area contributed by atoms with E-state index >= 15 is 0 Å². The summed E-state index contributed by atoms with van der Waals surface area (Å²) < 4.78 is 24.6. The fourth-order valence-corrected chi connectivity index (χ4v) is 4.13. The lowest BCUT2D eigenvalue weighted by Crippen LogP contribution is -2.52. The molecule has 0 aromatic carbocycles. The Balaban J connectivity index is 1.48. The summed E-state index contributed by atoms with van der Waals surface area (Å²) in [6.07, 6.45) is 3.48. The second-order valence-corrected chi connectivity index (χ2v) is 5.97. The number of piperazine rings is 1. The summed E-state index contributed by atoms with van der Waals surface area (Å²) in [5.74, 6) is 1.89. The molecule has 17 heavy (non-hydrogen) atoms. The van der Waals surface area contributed by atoms with Crippen LogP contribution in [0.25, 0.3) is 0 Å². The molecule has 2 saturated carbocycles. The Labute approximate surface area is 102 Å². The molecular weight excluding hydrogens is 222 g/mol. The number of fused-ring (bicyclic) bond motifs is 2. The SMILES string of the molecule is FC(F)CN1CCN(C2CC3CCC2C3)CC1. The molecule has 3 unspecified atom stereocenters. The summed E-state index contributed by atoms with van der Waals surface area (Å²) in [6, 6.07) is 0.780. The highest BCUT2D eigenvalue weighted by Gasteiger charge is 2.42. The molecule has 1 aliphatic heterocycles. The number of alkyl halides is 2. The van der Waals surface area contributed by atoms with E-state index in [1.807, 2.05) is 4.90 Å². The van der Waals surface area contributed by atoms with Crippen LogP contribution in [0, 0.1) is 11.8 Å². The number of rotatable bonds is 3. The molecule has 0 radical (unpaired) electrons. The first-order chi connectivity index (χ1) is 8.22. The van der Waals surface area contributed by atoms with E-state index in [1.165, 1.54) is 25.7 Å². The van der Waals surface area contributed by atoms with Crippen LogP contribution < -0.4 is 0 Å². The highest BCUT2D eigenvalue weighted by molar-refractivity contribution is 4.96. The van der Waals surface area contributed by atoms with Crippen molar-refractivity contribution in [1.29, 1.82) is 0 Å². The van der Waals surface area contributed by atoms with Crippen LogP contribution in [0.4, 0.5) is 8.78 Å². The first-order valence-corrected chi connectivity index (χ1v) is 6.97. The maximum absolute atomic E-state index is 12.3. The minimum atomic E-state index is -2.18. The Morgan fingerprint density at radius 2 is 1.76 bits per heavy atom. The van der Waals surface area contributed by atoms with Crippen LogP contribution in [0.1, 0.15) is 25.7 Å². The molecule has 1 heterocycles. The predicted octanol–water partition coefficient (Wildman–Crippen LogP) is 2.06. The van der Waals surface area contributed by atoms with E-state index in [9.17, 15) is 8.78 Å². The third-order valence-electron chi connectivity index (χ3n) is 4.97. The monoisotopic (exact) mass is 244 g/mol. The second kappa shape index (κ2) is 4.81. The Kier molecular flexibility index (Phi) is 3.35. The average molecular weight is 244 g/mol. The van der Waals surface area contributed by atoms with E-state index in [-0.39, 0.29) is 6.54 Å². The predicted molar refractivity (Wildman–Crippen MR) is 63.3 cm³/mol. The highest BCUT2D eigenvalue weighted by atomic mass is 19.3. The number of hydrogen-bond acceptors (Lipinski definition) is 2. The van der Waals surface area contributed by atoms with Gasteiger partial charge in [-0.25, -0.2) is 8.78 Å². The van der Waals surface area contributed by atoms with Gasteiger partial charge in [0.1, 0.15) is 0 Å². The molecule has 3 atom stereocenters. The molecule has 3 aliphatic rings. The fourth-order valence-electron chi connectivity index (χ4n) is 4.13. The van der Waals surface area contributed by atoms with Gasteiger partial charge >= 0.3 is 0 Å². The van der Waals surface area contributed by atoms with Crippen molar-refractivity contribution in [2.45, 2.75) is 38.2 Å². The second-order valence-electron chi connectivity index (χ2n) is 5.97. The third kappa shape index (κ3) is 2.48. The Morgan fingerprint density at radius 3 is 2.29 bits per heavy atom. The van der Waals surface area contributed by atoms with Gasteiger partial charge < -0.3 is 0 Å². The summed E-state index contributed by atoms with van der Waals surface area (Å²) in [6.45, 7) is 3.63. The lowest BCUT2D eigenvalue weighted by Gasteiger charge is -2.40. The van der Waals surface area contributed by atoms with Crippen LogP contribution in [0.5, 0.6) is 0 Å². The number of halogens is 2. The van der Waals surface area contributed by atoms with E-state index in [0.29, 0.717) is 0 Å². The van der Waals surface area contributed by atoms with Gasteiger partial charge in [-0.15, -0.1) is 0 Å². The van der Waals surface area contributed by atoms with E-state index in [1.54, 1.807) is 0 Å². The van der Waals surface area contributed by atoms with Crippen molar-refractivity contribution in [2.75, 3.05) is 32.7 Å². The molecule has 0 spiro atoms. The maximum Gasteiger partial charge on any atom is 0.251 e. The summed E-state index contributed by atoms with van der Waals surface area (Å²) in [7, 11) is 0. The molecule has 2 nitrogen and oxygen atoms in total. The fraction of sp³-hybridized carbons (Fsp3) is 1.00. The minimum absolute atomic E-state index is 0.0371. The van der Waals surface area contributed by atoms with Gasteiger partial charge in [0, 0.05) is 32.2 Å². The van der Waals surface area contributed by atoms with Gasteiger partial charge in [0.05, 0.1) is 6.54 Å². The molecule has 0 aromatic heterocycles. The van der Waals surface area contributed by atoms with Crippen molar-refractivity contribution in [3.05, 3.63) is 0 Å². The van der Waals surface area contributed by atoms with Crippen LogP contribution in [0.15, 0.2) is 0 Å². The normalized spacial score (nSPS) is 39.4. The molecule has 3 fully saturated rings. The maximum atomic E-state index is 12.3. The molecule has 98 valence electrons. The van der Waals surface area contributed by atoms with Gasteiger partial charge in [0.25, 0.3) is 6.43 Å². The highest BCUT2D eigenvalue weighted by Crippen LogP contribution is 2.46. The van der Waals surface area contributed by atoms with E-state index in [0.717, 1.165) is 44.1 Å². The zero-order valence-corrected chi connectivity index (χ0v) is 10.3. The largest absolute Gasteiger partial charge is 0.298 e. The molecule has 0 amide bonds. The van der Waals surface area contributed by atoms with Gasteiger partial charge in [-0.3, -0.25) is 9.80 Å². The smallest absolute Gasteiger partial charge is 0.251 e. The van der Waals surface area contributed by atoms with Crippen molar-refractivity contribution < 1.29 is 8.78 Å². The summed E-state index contributed by atoms with van der Waals surface area (Å²) in [5.41, 5.74) is 0. The topological polar surface area (TPSA) is 6.48 Å². The summed E-state index contributed by atoms with van der Waals surface area (Å²) in [4.78, 5) is 4.49. The first-order valence-electron chi connectivity index (χ1n) is 6.97. The number of nitrogens with zero attached hydrogens (tertiary/aromatic N) is 2. The molecule has 2 bridgehead atoms. The lowest BCUT2D eigenvalue weighted by atomic mass is 9.93. The van der Waals surface area contributed by atoms with Gasteiger partial charge in [-0.2, -0.15) is 0 Å². The van der Waals surface area contributed by atoms with Gasteiger partial charge in [-0.1, -0.05) is 6.42 Å². The van der Waals surface area contributed by atoms with Crippen LogP contribution in [0.2, 0.25) is 0 Å². The Morgan fingerprint density at radius 1 is 1.00 bits per heavy atom. The zero-order valence-electron chi connectivity index (χ0n) is 10.3. The standard InChI is InChI=1S/C13H22F2N2/c14-13(15)9-16-3-5-17(6-4-16)12-8-10-1-2-11(12)7-10/h10-13H,1-9H2. The van der Waals surface area contributed by atoms with Crippen molar-refractivity contribution in [3.8, 4) is 0 Å². The van der Waals surface area contributed by atoms with E-state index < -0.39 is 6.43 Å². The molecule has 0 aromatic rings. The van der Waals surface area contributed by atoms with Gasteiger partial charge in [0.2, 0.25) is 0 Å². The minimum Gasteiger partial charge on any atom is -0.298 e. The quantitative estimate of drug-likeness (QED) is 0.750. The third-order valence-corrected chi connectivity index (χ3v) is 4.97. The first kappa shape index (κ1) is 11.8. The molecule has 1 saturated heterocycles. The summed E-state index contributed by atoms with van der Waals surface area (Å²) >= 11 is 0. The zero-order chi connectivity index (χ0) is 11.8. The van der Waals surface area contributed by atoms with E-state index in [4.69, 9.17) is 0 Å². The average Bonchev–Trinajstić information content (AvgIpc) is 2.91. The van der Waals surface area contributed by atoms with Crippen molar-refractivity contribution in [3.63, 3.8) is 0 Å². The molecule has 0 N–H and O–H groups in total. The molecule has 2 aliphatic carbocycles. The van der Waals surface area contributed by atoms with Crippen LogP contribution in [-0.4, -0.2) is 55.0 Å². The van der Waals surface area contributed by atoms with Crippen LogP contribution in [-0.2, 0) is 0 Å². The van der Waals surface area contributed by atoms with Crippen LogP contribution >= 0.6 is 0 Å². The molecular formula is C13H22F2N2. The van der Waals surface area contributed by atoms with Gasteiger partial charge in [0.15, 0.2) is 0 Å². The van der Waals surface area contributed by atoms with Gasteiger partial charge in [-0.05, 0) is 31.1 Å². The summed E-state index contributed by atoms with van der Waals surface area (Å²) in [5, 5.41) is 0. The van der Waals surface area contributed by atoms with E-state index in [2.05, 4.69) is 4.90 Å². The van der Waals surface area contributed by atoms with Crippen molar-refractivity contribution in [2.24, 2.45) is 11.8 Å². The Bertz CT molecular complexity index is 264. The molecule has 4 heteroatoms.